The highest BCUT2D eigenvalue weighted by molar-refractivity contribution is 7.90. The number of hydrogen-bond donors (Lipinski definition) is 1. The Morgan fingerprint density at radius 2 is 1.86 bits per heavy atom. The molecular formula is C16H17NO3S. The number of rotatable bonds is 3. The summed E-state index contributed by atoms with van der Waals surface area (Å²) in [4.78, 5) is 0.299. The Balaban J connectivity index is 1.96. The van der Waals surface area contributed by atoms with Crippen molar-refractivity contribution < 1.29 is 13.2 Å². The first kappa shape index (κ1) is 14.1. The van der Waals surface area contributed by atoms with E-state index in [0.29, 0.717) is 11.5 Å². The highest BCUT2D eigenvalue weighted by atomic mass is 32.2. The topological polar surface area (TPSA) is 69.4 Å². The summed E-state index contributed by atoms with van der Waals surface area (Å²) < 4.78 is 28.6. The van der Waals surface area contributed by atoms with E-state index in [1.165, 1.54) is 11.8 Å². The lowest BCUT2D eigenvalue weighted by molar-refractivity contribution is 0.352. The SMILES string of the molecule is CS(=O)(=O)c1ccc(C(N)c2cccc3c2OCC3)cc1. The zero-order chi connectivity index (χ0) is 15.0. The molecule has 110 valence electrons. The molecular weight excluding hydrogens is 286 g/mol. The zero-order valence-corrected chi connectivity index (χ0v) is 12.6. The van der Waals surface area contributed by atoms with E-state index in [-0.39, 0.29) is 6.04 Å². The molecule has 0 aliphatic carbocycles. The molecule has 0 saturated heterocycles. The van der Waals surface area contributed by atoms with Crippen molar-refractivity contribution in [3.63, 3.8) is 0 Å². The molecule has 0 aromatic heterocycles. The van der Waals surface area contributed by atoms with E-state index in [2.05, 4.69) is 0 Å². The highest BCUT2D eigenvalue weighted by Gasteiger charge is 2.21. The maximum atomic E-state index is 11.5. The monoisotopic (exact) mass is 303 g/mol. The summed E-state index contributed by atoms with van der Waals surface area (Å²) in [7, 11) is -3.18. The van der Waals surface area contributed by atoms with Crippen molar-refractivity contribution in [1.29, 1.82) is 0 Å². The normalized spacial score (nSPS) is 15.3. The second-order valence-electron chi connectivity index (χ2n) is 5.25. The van der Waals surface area contributed by atoms with Crippen LogP contribution in [-0.2, 0) is 16.3 Å². The summed E-state index contributed by atoms with van der Waals surface area (Å²) >= 11 is 0. The first-order chi connectivity index (χ1) is 9.97. The molecule has 3 rings (SSSR count). The molecule has 2 aromatic carbocycles. The number of nitrogens with two attached hydrogens (primary N) is 1. The standard InChI is InChI=1S/C16H17NO3S/c1-21(18,19)13-7-5-11(6-8-13)15(17)14-4-2-3-12-9-10-20-16(12)14/h2-8,15H,9-10,17H2,1H3. The van der Waals surface area contributed by atoms with Gasteiger partial charge in [0.2, 0.25) is 0 Å². The lowest BCUT2D eigenvalue weighted by Gasteiger charge is -2.16. The molecule has 2 N–H and O–H groups in total. The summed E-state index contributed by atoms with van der Waals surface area (Å²) in [6.07, 6.45) is 2.10. The van der Waals surface area contributed by atoms with Crippen LogP contribution in [0.2, 0.25) is 0 Å². The first-order valence-corrected chi connectivity index (χ1v) is 8.66. The Bertz CT molecular complexity index is 767. The minimum Gasteiger partial charge on any atom is -0.493 e. The number of hydrogen-bond acceptors (Lipinski definition) is 4. The van der Waals surface area contributed by atoms with E-state index in [4.69, 9.17) is 10.5 Å². The smallest absolute Gasteiger partial charge is 0.175 e. The minimum atomic E-state index is -3.18. The van der Waals surface area contributed by atoms with Gasteiger partial charge in [-0.3, -0.25) is 0 Å². The average molecular weight is 303 g/mol. The van der Waals surface area contributed by atoms with Crippen molar-refractivity contribution in [3.8, 4) is 5.75 Å². The van der Waals surface area contributed by atoms with Crippen LogP contribution in [-0.4, -0.2) is 21.3 Å². The van der Waals surface area contributed by atoms with Crippen molar-refractivity contribution in [1.82, 2.24) is 0 Å². The summed E-state index contributed by atoms with van der Waals surface area (Å²) in [5, 5.41) is 0. The lowest BCUT2D eigenvalue weighted by Crippen LogP contribution is -2.13. The number of fused-ring (bicyclic) bond motifs is 1. The second kappa shape index (κ2) is 5.16. The van der Waals surface area contributed by atoms with Gasteiger partial charge < -0.3 is 10.5 Å². The first-order valence-electron chi connectivity index (χ1n) is 6.77. The Kier molecular flexibility index (Phi) is 3.47. The molecule has 0 fully saturated rings. The van der Waals surface area contributed by atoms with Gasteiger partial charge in [-0.25, -0.2) is 8.42 Å². The number of para-hydroxylation sites is 1. The predicted octanol–water partition coefficient (Wildman–Crippen LogP) is 2.07. The van der Waals surface area contributed by atoms with Crippen molar-refractivity contribution in [2.24, 2.45) is 5.73 Å². The molecule has 2 aromatic rings. The maximum absolute atomic E-state index is 11.5. The zero-order valence-electron chi connectivity index (χ0n) is 11.7. The van der Waals surface area contributed by atoms with Crippen LogP contribution in [0, 0.1) is 0 Å². The molecule has 1 heterocycles. The van der Waals surface area contributed by atoms with E-state index in [1.807, 2.05) is 18.2 Å². The Labute approximate surface area is 124 Å². The van der Waals surface area contributed by atoms with Crippen molar-refractivity contribution >= 4 is 9.84 Å². The van der Waals surface area contributed by atoms with E-state index >= 15 is 0 Å². The molecule has 4 nitrogen and oxygen atoms in total. The molecule has 0 bridgehead atoms. The number of ether oxygens (including phenoxy) is 1. The fraction of sp³-hybridized carbons (Fsp3) is 0.250. The fourth-order valence-corrected chi connectivity index (χ4v) is 3.22. The Hall–Kier alpha value is -1.85. The third-order valence-corrected chi connectivity index (χ3v) is 4.88. The van der Waals surface area contributed by atoms with Gasteiger partial charge in [0, 0.05) is 18.2 Å². The van der Waals surface area contributed by atoms with E-state index in [0.717, 1.165) is 23.3 Å². The van der Waals surface area contributed by atoms with Gasteiger partial charge in [0.15, 0.2) is 9.84 Å². The van der Waals surface area contributed by atoms with Crippen LogP contribution >= 0.6 is 0 Å². The molecule has 5 heteroatoms. The maximum Gasteiger partial charge on any atom is 0.175 e. The average Bonchev–Trinajstić information content (AvgIpc) is 2.94. The third kappa shape index (κ3) is 2.66. The summed E-state index contributed by atoms with van der Waals surface area (Å²) in [6, 6.07) is 12.4. The van der Waals surface area contributed by atoms with Gasteiger partial charge in [-0.05, 0) is 23.3 Å². The van der Waals surface area contributed by atoms with Gasteiger partial charge in [-0.15, -0.1) is 0 Å². The van der Waals surface area contributed by atoms with Gasteiger partial charge in [0.1, 0.15) is 5.75 Å². The quantitative estimate of drug-likeness (QED) is 0.942. The molecule has 1 aliphatic heterocycles. The summed E-state index contributed by atoms with van der Waals surface area (Å²) in [6.45, 7) is 0.687. The largest absolute Gasteiger partial charge is 0.493 e. The third-order valence-electron chi connectivity index (χ3n) is 3.75. The highest BCUT2D eigenvalue weighted by Crippen LogP contribution is 2.35. The molecule has 1 unspecified atom stereocenters. The van der Waals surface area contributed by atoms with Gasteiger partial charge in [0.25, 0.3) is 0 Å². The Morgan fingerprint density at radius 1 is 1.14 bits per heavy atom. The molecule has 0 amide bonds. The molecule has 1 aliphatic rings. The van der Waals surface area contributed by atoms with Crippen molar-refractivity contribution in [2.75, 3.05) is 12.9 Å². The van der Waals surface area contributed by atoms with Crippen LogP contribution in [0.5, 0.6) is 5.75 Å². The fourth-order valence-electron chi connectivity index (χ4n) is 2.59. The second-order valence-corrected chi connectivity index (χ2v) is 7.27. The number of sulfone groups is 1. The van der Waals surface area contributed by atoms with Crippen LogP contribution in [0.4, 0.5) is 0 Å². The molecule has 0 spiro atoms. The van der Waals surface area contributed by atoms with Crippen LogP contribution < -0.4 is 10.5 Å². The van der Waals surface area contributed by atoms with Crippen LogP contribution in [0.1, 0.15) is 22.7 Å². The number of benzene rings is 2. The lowest BCUT2D eigenvalue weighted by atomic mass is 9.97. The van der Waals surface area contributed by atoms with E-state index < -0.39 is 9.84 Å². The molecule has 1 atom stereocenters. The van der Waals surface area contributed by atoms with Crippen molar-refractivity contribution in [2.45, 2.75) is 17.4 Å². The molecule has 0 saturated carbocycles. The molecule has 21 heavy (non-hydrogen) atoms. The van der Waals surface area contributed by atoms with Gasteiger partial charge in [0.05, 0.1) is 17.5 Å². The van der Waals surface area contributed by atoms with Crippen LogP contribution in [0.25, 0.3) is 0 Å². The van der Waals surface area contributed by atoms with Gasteiger partial charge >= 0.3 is 0 Å². The van der Waals surface area contributed by atoms with Gasteiger partial charge in [-0.1, -0.05) is 30.3 Å². The molecule has 0 radical (unpaired) electrons. The van der Waals surface area contributed by atoms with Crippen LogP contribution in [0.3, 0.4) is 0 Å². The van der Waals surface area contributed by atoms with E-state index in [1.54, 1.807) is 24.3 Å². The Morgan fingerprint density at radius 3 is 2.52 bits per heavy atom. The summed E-state index contributed by atoms with van der Waals surface area (Å²) in [5.74, 6) is 0.872. The van der Waals surface area contributed by atoms with Gasteiger partial charge in [-0.2, -0.15) is 0 Å². The minimum absolute atomic E-state index is 0.299. The van der Waals surface area contributed by atoms with E-state index in [9.17, 15) is 8.42 Å². The van der Waals surface area contributed by atoms with Crippen LogP contribution in [0.15, 0.2) is 47.4 Å². The predicted molar refractivity (Wildman–Crippen MR) is 81.2 cm³/mol. The summed E-state index contributed by atoms with van der Waals surface area (Å²) in [5.41, 5.74) is 9.30. The van der Waals surface area contributed by atoms with Crippen molar-refractivity contribution in [3.05, 3.63) is 59.2 Å².